The van der Waals surface area contributed by atoms with Crippen LogP contribution in [0.2, 0.25) is 0 Å². The fraction of sp³-hybridized carbons (Fsp3) is 0.611. The molecular formula is C18H26N2O2. The third kappa shape index (κ3) is 3.18. The molecule has 1 atom stereocenters. The number of hydrogen-bond acceptors (Lipinski definition) is 3. The van der Waals surface area contributed by atoms with Gasteiger partial charge >= 0.3 is 0 Å². The summed E-state index contributed by atoms with van der Waals surface area (Å²) in [7, 11) is 1.74. The second-order valence-electron chi connectivity index (χ2n) is 6.48. The van der Waals surface area contributed by atoms with Gasteiger partial charge in [-0.2, -0.15) is 0 Å². The molecule has 22 heavy (non-hydrogen) atoms. The highest BCUT2D eigenvalue weighted by molar-refractivity contribution is 5.91. The summed E-state index contributed by atoms with van der Waals surface area (Å²) in [5.74, 6) is 0.206. The van der Waals surface area contributed by atoms with Gasteiger partial charge in [0.05, 0.1) is 12.0 Å². The maximum atomic E-state index is 12.7. The minimum absolute atomic E-state index is 0.206. The minimum atomic E-state index is -0.253. The molecule has 0 spiro atoms. The normalized spacial score (nSPS) is 23.4. The van der Waals surface area contributed by atoms with Crippen molar-refractivity contribution in [1.82, 2.24) is 10.2 Å². The average molecular weight is 302 g/mol. The molecule has 0 radical (unpaired) electrons. The molecule has 120 valence electrons. The van der Waals surface area contributed by atoms with Gasteiger partial charge in [-0.1, -0.05) is 30.3 Å². The predicted molar refractivity (Wildman–Crippen MR) is 86.8 cm³/mol. The number of likely N-dealkylation sites (tertiary alicyclic amines) is 1. The van der Waals surface area contributed by atoms with Crippen molar-refractivity contribution in [3.05, 3.63) is 35.9 Å². The molecule has 0 bridgehead atoms. The highest BCUT2D eigenvalue weighted by Crippen LogP contribution is 2.48. The van der Waals surface area contributed by atoms with Gasteiger partial charge < -0.3 is 10.1 Å². The van der Waals surface area contributed by atoms with Gasteiger partial charge in [-0.3, -0.25) is 9.69 Å². The maximum Gasteiger partial charge on any atom is 0.230 e. The summed E-state index contributed by atoms with van der Waals surface area (Å²) < 4.78 is 5.17. The third-order valence-corrected chi connectivity index (χ3v) is 5.09. The molecule has 0 unspecified atom stereocenters. The molecule has 0 aromatic heterocycles. The zero-order chi connectivity index (χ0) is 15.4. The van der Waals surface area contributed by atoms with E-state index in [2.05, 4.69) is 22.3 Å². The van der Waals surface area contributed by atoms with Crippen LogP contribution in [0.1, 0.15) is 31.2 Å². The van der Waals surface area contributed by atoms with Crippen LogP contribution < -0.4 is 5.32 Å². The largest absolute Gasteiger partial charge is 0.383 e. The molecular weight excluding hydrogens is 276 g/mol. The Balaban J connectivity index is 1.54. The number of hydrogen-bond donors (Lipinski definition) is 1. The van der Waals surface area contributed by atoms with Crippen molar-refractivity contribution >= 4 is 5.91 Å². The smallest absolute Gasteiger partial charge is 0.230 e. The van der Waals surface area contributed by atoms with E-state index in [1.54, 1.807) is 7.11 Å². The van der Waals surface area contributed by atoms with Gasteiger partial charge in [-0.15, -0.1) is 0 Å². The molecule has 2 aliphatic rings. The minimum Gasteiger partial charge on any atom is -0.383 e. The lowest BCUT2D eigenvalue weighted by molar-refractivity contribution is -0.123. The second-order valence-corrected chi connectivity index (χ2v) is 6.48. The van der Waals surface area contributed by atoms with Crippen molar-refractivity contribution in [2.24, 2.45) is 0 Å². The highest BCUT2D eigenvalue weighted by atomic mass is 16.5. The number of nitrogens with zero attached hydrogens (tertiary/aromatic N) is 1. The van der Waals surface area contributed by atoms with Gasteiger partial charge in [-0.25, -0.2) is 0 Å². The van der Waals surface area contributed by atoms with Gasteiger partial charge in [-0.05, 0) is 37.8 Å². The molecule has 1 aliphatic heterocycles. The molecule has 1 aliphatic carbocycles. The van der Waals surface area contributed by atoms with Crippen LogP contribution in [0.5, 0.6) is 0 Å². The van der Waals surface area contributed by atoms with Crippen LogP contribution in [0, 0.1) is 0 Å². The first-order chi connectivity index (χ1) is 10.8. The van der Waals surface area contributed by atoms with Crippen molar-refractivity contribution in [3.8, 4) is 0 Å². The SMILES string of the molecule is COCCN1CCC[C@H]1CNC(=O)C1(c2ccccc2)CC1. The number of rotatable bonds is 7. The maximum absolute atomic E-state index is 12.7. The van der Waals surface area contributed by atoms with Gasteiger partial charge in [0.1, 0.15) is 0 Å². The van der Waals surface area contributed by atoms with Gasteiger partial charge in [0, 0.05) is 26.2 Å². The van der Waals surface area contributed by atoms with Crippen LogP contribution in [0.4, 0.5) is 0 Å². The van der Waals surface area contributed by atoms with Crippen molar-refractivity contribution in [2.75, 3.05) is 33.4 Å². The number of carbonyl (C=O) groups excluding carboxylic acids is 1. The van der Waals surface area contributed by atoms with Crippen molar-refractivity contribution in [1.29, 1.82) is 0 Å². The Hall–Kier alpha value is -1.39. The molecule has 4 nitrogen and oxygen atoms in total. The molecule has 3 rings (SSSR count). The van der Waals surface area contributed by atoms with E-state index in [1.165, 1.54) is 12.8 Å². The summed E-state index contributed by atoms with van der Waals surface area (Å²) in [4.78, 5) is 15.1. The van der Waals surface area contributed by atoms with Crippen molar-refractivity contribution < 1.29 is 9.53 Å². The van der Waals surface area contributed by atoms with E-state index in [0.29, 0.717) is 6.04 Å². The standard InChI is InChI=1S/C18H26N2O2/c1-22-13-12-20-11-5-8-16(20)14-19-17(21)18(9-10-18)15-6-3-2-4-7-15/h2-4,6-7,16H,5,8-14H2,1H3,(H,19,21)/t16-/m0/s1. The lowest BCUT2D eigenvalue weighted by Crippen LogP contribution is -2.44. The number of benzene rings is 1. The first kappa shape index (κ1) is 15.5. The zero-order valence-electron chi connectivity index (χ0n) is 13.4. The van der Waals surface area contributed by atoms with E-state index in [9.17, 15) is 4.79 Å². The Labute approximate surface area is 132 Å². The first-order valence-electron chi connectivity index (χ1n) is 8.33. The van der Waals surface area contributed by atoms with Crippen LogP contribution in [-0.4, -0.2) is 50.2 Å². The average Bonchev–Trinajstić information content (AvgIpc) is 3.26. The quantitative estimate of drug-likeness (QED) is 0.837. The summed E-state index contributed by atoms with van der Waals surface area (Å²) in [5.41, 5.74) is 0.909. The summed E-state index contributed by atoms with van der Waals surface area (Å²) in [6.07, 6.45) is 4.33. The summed E-state index contributed by atoms with van der Waals surface area (Å²) in [5, 5.41) is 3.21. The lowest BCUT2D eigenvalue weighted by Gasteiger charge is -2.25. The predicted octanol–water partition coefficient (Wildman–Crippen LogP) is 1.95. The van der Waals surface area contributed by atoms with E-state index >= 15 is 0 Å². The van der Waals surface area contributed by atoms with Crippen LogP contribution >= 0.6 is 0 Å². The topological polar surface area (TPSA) is 41.6 Å². The number of methoxy groups -OCH3 is 1. The Morgan fingerprint density at radius 1 is 1.36 bits per heavy atom. The monoisotopic (exact) mass is 302 g/mol. The Morgan fingerprint density at radius 3 is 2.82 bits per heavy atom. The number of nitrogens with one attached hydrogen (secondary N) is 1. The fourth-order valence-electron chi connectivity index (χ4n) is 3.54. The Morgan fingerprint density at radius 2 is 2.14 bits per heavy atom. The Kier molecular flexibility index (Phi) is 4.79. The summed E-state index contributed by atoms with van der Waals surface area (Å²) >= 11 is 0. The molecule has 1 heterocycles. The lowest BCUT2D eigenvalue weighted by atomic mass is 9.95. The van der Waals surface area contributed by atoms with Crippen LogP contribution in [0.25, 0.3) is 0 Å². The first-order valence-corrected chi connectivity index (χ1v) is 8.33. The molecule has 1 aromatic rings. The number of carbonyl (C=O) groups is 1. The van der Waals surface area contributed by atoms with Crippen LogP contribution in [0.15, 0.2) is 30.3 Å². The van der Waals surface area contributed by atoms with E-state index in [-0.39, 0.29) is 11.3 Å². The number of ether oxygens (including phenoxy) is 1. The van der Waals surface area contributed by atoms with E-state index in [0.717, 1.165) is 44.6 Å². The van der Waals surface area contributed by atoms with Crippen LogP contribution in [-0.2, 0) is 14.9 Å². The molecule has 1 aromatic carbocycles. The molecule has 1 saturated heterocycles. The molecule has 1 N–H and O–H groups in total. The van der Waals surface area contributed by atoms with Gasteiger partial charge in [0.2, 0.25) is 5.91 Å². The molecule has 1 saturated carbocycles. The molecule has 1 amide bonds. The van der Waals surface area contributed by atoms with E-state index in [1.807, 2.05) is 18.2 Å². The van der Waals surface area contributed by atoms with E-state index < -0.39 is 0 Å². The molecule has 2 fully saturated rings. The van der Waals surface area contributed by atoms with E-state index in [4.69, 9.17) is 4.74 Å². The summed E-state index contributed by atoms with van der Waals surface area (Å²) in [6, 6.07) is 10.7. The van der Waals surface area contributed by atoms with Gasteiger partial charge in [0.25, 0.3) is 0 Å². The van der Waals surface area contributed by atoms with Crippen LogP contribution in [0.3, 0.4) is 0 Å². The van der Waals surface area contributed by atoms with Crippen molar-refractivity contribution in [2.45, 2.75) is 37.1 Å². The fourth-order valence-corrected chi connectivity index (χ4v) is 3.54. The Bertz CT molecular complexity index is 499. The highest BCUT2D eigenvalue weighted by Gasteiger charge is 2.51. The third-order valence-electron chi connectivity index (χ3n) is 5.09. The second kappa shape index (κ2) is 6.80. The zero-order valence-corrected chi connectivity index (χ0v) is 13.4. The van der Waals surface area contributed by atoms with Gasteiger partial charge in [0.15, 0.2) is 0 Å². The summed E-state index contributed by atoms with van der Waals surface area (Å²) in [6.45, 7) is 3.60. The molecule has 4 heteroatoms. The van der Waals surface area contributed by atoms with Crippen molar-refractivity contribution in [3.63, 3.8) is 0 Å². The number of amides is 1.